The van der Waals surface area contributed by atoms with Crippen molar-refractivity contribution >= 4 is 11.8 Å². The molecule has 132 valence electrons. The lowest BCUT2D eigenvalue weighted by Crippen LogP contribution is -2.53. The molecule has 2 atom stereocenters. The zero-order chi connectivity index (χ0) is 17.3. The van der Waals surface area contributed by atoms with Crippen LogP contribution in [0.15, 0.2) is 12.4 Å². The van der Waals surface area contributed by atoms with Gasteiger partial charge < -0.3 is 19.5 Å². The molecule has 0 bridgehead atoms. The quantitative estimate of drug-likeness (QED) is 0.876. The van der Waals surface area contributed by atoms with Gasteiger partial charge in [0.1, 0.15) is 11.9 Å². The maximum atomic E-state index is 12.5. The molecule has 0 radical (unpaired) electrons. The van der Waals surface area contributed by atoms with Crippen LogP contribution >= 0.6 is 0 Å². The zero-order valence-corrected chi connectivity index (χ0v) is 14.6. The molecular formula is C17H26N4O3. The Balaban J connectivity index is 1.73. The second-order valence-corrected chi connectivity index (χ2v) is 6.98. The predicted octanol–water partition coefficient (Wildman–Crippen LogP) is 1.16. The first kappa shape index (κ1) is 17.0. The molecule has 0 aromatic carbocycles. The number of hydrogen-bond acceptors (Lipinski definition) is 4. The fourth-order valence-corrected chi connectivity index (χ4v) is 3.78. The summed E-state index contributed by atoms with van der Waals surface area (Å²) < 4.78 is 7.45. The van der Waals surface area contributed by atoms with Crippen molar-refractivity contribution in [2.75, 3.05) is 14.2 Å². The molecule has 1 aliphatic heterocycles. The highest BCUT2D eigenvalue weighted by molar-refractivity contribution is 5.80. The third-order valence-electron chi connectivity index (χ3n) is 5.51. The molecule has 0 spiro atoms. The molecular weight excluding hydrogens is 308 g/mol. The van der Waals surface area contributed by atoms with Crippen molar-refractivity contribution in [3.8, 4) is 0 Å². The molecule has 1 aromatic heterocycles. The summed E-state index contributed by atoms with van der Waals surface area (Å²) in [4.78, 5) is 30.8. The Morgan fingerprint density at radius 1 is 1.46 bits per heavy atom. The van der Waals surface area contributed by atoms with Crippen molar-refractivity contribution in [3.05, 3.63) is 18.2 Å². The number of rotatable bonds is 5. The van der Waals surface area contributed by atoms with Crippen LogP contribution in [0.1, 0.15) is 50.4 Å². The van der Waals surface area contributed by atoms with Crippen molar-refractivity contribution in [3.63, 3.8) is 0 Å². The van der Waals surface area contributed by atoms with Crippen LogP contribution in [0, 0.1) is 0 Å². The molecule has 1 saturated carbocycles. The van der Waals surface area contributed by atoms with Crippen molar-refractivity contribution in [1.82, 2.24) is 19.8 Å². The number of nitrogens with zero attached hydrogens (tertiary/aromatic N) is 3. The van der Waals surface area contributed by atoms with Gasteiger partial charge >= 0.3 is 0 Å². The van der Waals surface area contributed by atoms with E-state index in [0.29, 0.717) is 19.3 Å². The summed E-state index contributed by atoms with van der Waals surface area (Å²) in [5, 5.41) is 3.13. The number of ether oxygens (including phenoxy) is 1. The molecule has 7 nitrogen and oxygen atoms in total. The van der Waals surface area contributed by atoms with E-state index in [1.165, 1.54) is 0 Å². The smallest absolute Gasteiger partial charge is 0.223 e. The van der Waals surface area contributed by atoms with E-state index in [1.807, 2.05) is 17.8 Å². The summed E-state index contributed by atoms with van der Waals surface area (Å²) in [5.41, 5.74) is -0.292. The Morgan fingerprint density at radius 2 is 2.21 bits per heavy atom. The number of imidazole rings is 1. The molecule has 2 heterocycles. The van der Waals surface area contributed by atoms with Crippen molar-refractivity contribution in [1.29, 1.82) is 0 Å². The Hall–Kier alpha value is -1.89. The van der Waals surface area contributed by atoms with Gasteiger partial charge in [-0.25, -0.2) is 4.98 Å². The maximum absolute atomic E-state index is 12.5. The SMILES string of the molecule is COC1(CC(=O)N[C@@H]2CCC(=O)N(C)[C@H]2c2nccn2C)CCC1. The number of carbonyl (C=O) groups is 2. The van der Waals surface area contributed by atoms with Gasteiger partial charge in [-0.2, -0.15) is 0 Å². The fraction of sp³-hybridized carbons (Fsp3) is 0.706. The fourth-order valence-electron chi connectivity index (χ4n) is 3.78. The lowest BCUT2D eigenvalue weighted by molar-refractivity contribution is -0.141. The number of piperidine rings is 1. The second kappa shape index (κ2) is 6.55. The maximum Gasteiger partial charge on any atom is 0.223 e. The normalized spacial score (nSPS) is 26.1. The number of hydrogen-bond donors (Lipinski definition) is 1. The first-order chi connectivity index (χ1) is 11.5. The van der Waals surface area contributed by atoms with Crippen molar-refractivity contribution in [2.45, 2.75) is 56.2 Å². The lowest BCUT2D eigenvalue weighted by Gasteiger charge is -2.42. The highest BCUT2D eigenvalue weighted by atomic mass is 16.5. The average Bonchev–Trinajstić information content (AvgIpc) is 2.93. The Bertz CT molecular complexity index is 618. The van der Waals surface area contributed by atoms with Gasteiger partial charge in [-0.1, -0.05) is 0 Å². The largest absolute Gasteiger partial charge is 0.378 e. The minimum absolute atomic E-state index is 0.0106. The highest BCUT2D eigenvalue weighted by Gasteiger charge is 2.41. The van der Waals surface area contributed by atoms with Crippen molar-refractivity contribution < 1.29 is 14.3 Å². The minimum atomic E-state index is -0.292. The van der Waals surface area contributed by atoms with Crippen LogP contribution in [0.3, 0.4) is 0 Å². The number of likely N-dealkylation sites (N-methyl/N-ethyl adjacent to an activating group) is 1. The number of likely N-dealkylation sites (tertiary alicyclic amines) is 1. The van der Waals surface area contributed by atoms with Gasteiger partial charge in [0.25, 0.3) is 0 Å². The van der Waals surface area contributed by atoms with Gasteiger partial charge in [0.2, 0.25) is 11.8 Å². The van der Waals surface area contributed by atoms with Crippen LogP contribution in [0.4, 0.5) is 0 Å². The molecule has 24 heavy (non-hydrogen) atoms. The summed E-state index contributed by atoms with van der Waals surface area (Å²) in [6, 6.07) is -0.370. The topological polar surface area (TPSA) is 76.5 Å². The number of aromatic nitrogens is 2. The van der Waals surface area contributed by atoms with E-state index in [0.717, 1.165) is 25.1 Å². The van der Waals surface area contributed by atoms with E-state index in [2.05, 4.69) is 10.3 Å². The van der Waals surface area contributed by atoms with Crippen LogP contribution < -0.4 is 5.32 Å². The zero-order valence-electron chi connectivity index (χ0n) is 14.6. The lowest BCUT2D eigenvalue weighted by atomic mass is 9.77. The summed E-state index contributed by atoms with van der Waals surface area (Å²) in [5.74, 6) is 0.866. The first-order valence-electron chi connectivity index (χ1n) is 8.53. The number of nitrogens with one attached hydrogen (secondary N) is 1. The summed E-state index contributed by atoms with van der Waals surface area (Å²) in [7, 11) is 5.36. The van der Waals surface area contributed by atoms with E-state index in [4.69, 9.17) is 4.74 Å². The molecule has 1 aromatic rings. The van der Waals surface area contributed by atoms with E-state index < -0.39 is 0 Å². The van der Waals surface area contributed by atoms with E-state index in [-0.39, 0.29) is 29.5 Å². The molecule has 2 fully saturated rings. The summed E-state index contributed by atoms with van der Waals surface area (Å²) >= 11 is 0. The van der Waals surface area contributed by atoms with E-state index in [1.54, 1.807) is 25.3 Å². The summed E-state index contributed by atoms with van der Waals surface area (Å²) in [6.45, 7) is 0. The highest BCUT2D eigenvalue weighted by Crippen LogP contribution is 2.38. The van der Waals surface area contributed by atoms with Crippen LogP contribution in [-0.2, 0) is 21.4 Å². The van der Waals surface area contributed by atoms with Gasteiger partial charge in [-0.3, -0.25) is 9.59 Å². The van der Waals surface area contributed by atoms with Crippen molar-refractivity contribution in [2.24, 2.45) is 7.05 Å². The van der Waals surface area contributed by atoms with E-state index >= 15 is 0 Å². The predicted molar refractivity (Wildman–Crippen MR) is 88.1 cm³/mol. The van der Waals surface area contributed by atoms with Gasteiger partial charge in [-0.05, 0) is 25.7 Å². The first-order valence-corrected chi connectivity index (χ1v) is 8.53. The molecule has 2 amide bonds. The standard InChI is InChI=1S/C17H26N4O3/c1-20-10-9-18-16(20)15-12(5-6-14(23)21(15)2)19-13(22)11-17(24-3)7-4-8-17/h9-10,12,15H,4-8,11H2,1-3H3,(H,19,22)/t12-,15-/m1/s1. The number of aryl methyl sites for hydroxylation is 1. The van der Waals surface area contributed by atoms with Crippen LogP contribution in [0.2, 0.25) is 0 Å². The van der Waals surface area contributed by atoms with Gasteiger partial charge in [0, 0.05) is 40.0 Å². The Morgan fingerprint density at radius 3 is 2.75 bits per heavy atom. The van der Waals surface area contributed by atoms with Gasteiger partial charge in [0.05, 0.1) is 18.1 Å². The third kappa shape index (κ3) is 3.05. The van der Waals surface area contributed by atoms with Crippen LogP contribution in [0.25, 0.3) is 0 Å². The van der Waals surface area contributed by atoms with Crippen LogP contribution in [0.5, 0.6) is 0 Å². The average molecular weight is 334 g/mol. The molecule has 3 rings (SSSR count). The second-order valence-electron chi connectivity index (χ2n) is 6.98. The van der Waals surface area contributed by atoms with Crippen LogP contribution in [-0.4, -0.2) is 52.1 Å². The Kier molecular flexibility index (Phi) is 4.62. The monoisotopic (exact) mass is 334 g/mol. The van der Waals surface area contributed by atoms with Gasteiger partial charge in [-0.15, -0.1) is 0 Å². The molecule has 0 unspecified atom stereocenters. The number of methoxy groups -OCH3 is 1. The molecule has 7 heteroatoms. The molecule has 1 N–H and O–H groups in total. The number of amides is 2. The van der Waals surface area contributed by atoms with E-state index in [9.17, 15) is 9.59 Å². The minimum Gasteiger partial charge on any atom is -0.378 e. The third-order valence-corrected chi connectivity index (χ3v) is 5.51. The van der Waals surface area contributed by atoms with Gasteiger partial charge in [0.15, 0.2) is 0 Å². The Labute approximate surface area is 142 Å². The molecule has 1 saturated heterocycles. The summed E-state index contributed by atoms with van der Waals surface area (Å²) in [6.07, 6.45) is 8.00. The molecule has 1 aliphatic carbocycles. The number of carbonyl (C=O) groups excluding carboxylic acids is 2. The molecule has 2 aliphatic rings.